The minimum atomic E-state index is -4.56. The lowest BCUT2D eigenvalue weighted by molar-refractivity contribution is -0.147. The molecular formula is C11H8ClF3N4O2. The average molecular weight is 321 g/mol. The second-order valence-electron chi connectivity index (χ2n) is 4.42. The number of hydrogen-bond donors (Lipinski definition) is 0. The van der Waals surface area contributed by atoms with E-state index in [0.29, 0.717) is 0 Å². The minimum Gasteiger partial charge on any atom is -0.452 e. The molecule has 1 amide bonds. The fourth-order valence-corrected chi connectivity index (χ4v) is 2.35. The Hall–Kier alpha value is -2.03. The Balaban J connectivity index is 1.84. The number of hydrogen-bond acceptors (Lipinski definition) is 4. The summed E-state index contributed by atoms with van der Waals surface area (Å²) in [6, 6.07) is 1.41. The van der Waals surface area contributed by atoms with E-state index in [1.54, 1.807) is 0 Å². The predicted molar refractivity (Wildman–Crippen MR) is 63.5 cm³/mol. The number of alkyl halides is 3. The van der Waals surface area contributed by atoms with Crippen molar-refractivity contribution < 1.29 is 22.4 Å². The second-order valence-corrected chi connectivity index (χ2v) is 4.77. The van der Waals surface area contributed by atoms with E-state index in [9.17, 15) is 18.0 Å². The normalized spacial score (nSPS) is 15.1. The lowest BCUT2D eigenvalue weighted by Crippen LogP contribution is -2.39. The maximum absolute atomic E-state index is 12.7. The van der Waals surface area contributed by atoms with Gasteiger partial charge in [-0.3, -0.25) is 4.79 Å². The van der Waals surface area contributed by atoms with Gasteiger partial charge in [0.1, 0.15) is 0 Å². The Morgan fingerprint density at radius 1 is 1.33 bits per heavy atom. The third-order valence-corrected chi connectivity index (χ3v) is 3.44. The van der Waals surface area contributed by atoms with Crippen LogP contribution in [-0.4, -0.2) is 32.1 Å². The van der Waals surface area contributed by atoms with Gasteiger partial charge in [-0.15, -0.1) is 10.2 Å². The molecule has 0 spiro atoms. The van der Waals surface area contributed by atoms with Gasteiger partial charge in [-0.2, -0.15) is 13.2 Å². The van der Waals surface area contributed by atoms with Crippen LogP contribution in [0, 0.1) is 0 Å². The van der Waals surface area contributed by atoms with Gasteiger partial charge in [0, 0.05) is 13.1 Å². The molecule has 0 atom stereocenters. The zero-order valence-electron chi connectivity index (χ0n) is 10.4. The Morgan fingerprint density at radius 2 is 2.10 bits per heavy atom. The van der Waals surface area contributed by atoms with Crippen molar-refractivity contribution in [1.82, 2.24) is 19.7 Å². The van der Waals surface area contributed by atoms with E-state index < -0.39 is 17.9 Å². The first kappa shape index (κ1) is 13.9. The molecule has 0 fully saturated rings. The summed E-state index contributed by atoms with van der Waals surface area (Å²) < 4.78 is 43.9. The van der Waals surface area contributed by atoms with Crippen LogP contribution in [0.1, 0.15) is 22.0 Å². The summed E-state index contributed by atoms with van der Waals surface area (Å²) in [5, 5.41) is 6.60. The van der Waals surface area contributed by atoms with Crippen LogP contribution in [0.3, 0.4) is 0 Å². The summed E-state index contributed by atoms with van der Waals surface area (Å²) in [5.74, 6) is -1.39. The Labute approximate surface area is 121 Å². The predicted octanol–water partition coefficient (Wildman–Crippen LogP) is 2.20. The molecule has 0 N–H and O–H groups in total. The van der Waals surface area contributed by atoms with Crippen molar-refractivity contribution in [2.75, 3.05) is 6.54 Å². The van der Waals surface area contributed by atoms with Gasteiger partial charge in [-0.05, 0) is 17.7 Å². The van der Waals surface area contributed by atoms with E-state index in [1.807, 2.05) is 0 Å². The fourth-order valence-electron chi connectivity index (χ4n) is 2.16. The van der Waals surface area contributed by atoms with Crippen LogP contribution in [0.15, 0.2) is 16.7 Å². The average Bonchev–Trinajstić information content (AvgIpc) is 3.02. The van der Waals surface area contributed by atoms with E-state index in [-0.39, 0.29) is 36.2 Å². The third kappa shape index (κ3) is 2.37. The maximum Gasteiger partial charge on any atom is 0.451 e. The lowest BCUT2D eigenvalue weighted by atomic mass is 10.2. The molecule has 3 rings (SSSR count). The highest BCUT2D eigenvalue weighted by Gasteiger charge is 2.40. The zero-order chi connectivity index (χ0) is 15.2. The first-order valence-electron chi connectivity index (χ1n) is 5.89. The number of nitrogens with zero attached hydrogens (tertiary/aromatic N) is 4. The molecule has 112 valence electrons. The summed E-state index contributed by atoms with van der Waals surface area (Å²) in [4.78, 5) is 13.5. The highest BCUT2D eigenvalue weighted by molar-refractivity contribution is 6.32. The molecule has 1 aliphatic rings. The standard InChI is InChI=1S/C11H8ClF3N4O2/c12-8-6(1-4-21-8)9(20)18-2-3-19-7(5-18)16-17-10(19)11(13,14)15/h1,4H,2-3,5H2. The smallest absolute Gasteiger partial charge is 0.451 e. The molecule has 0 unspecified atom stereocenters. The molecule has 0 bridgehead atoms. The molecule has 0 aromatic carbocycles. The molecule has 21 heavy (non-hydrogen) atoms. The Bertz CT molecular complexity index is 694. The summed E-state index contributed by atoms with van der Waals surface area (Å²) in [5.41, 5.74) is 0.167. The van der Waals surface area contributed by atoms with Crippen LogP contribution in [-0.2, 0) is 19.3 Å². The second kappa shape index (κ2) is 4.76. The van der Waals surface area contributed by atoms with Gasteiger partial charge in [-0.25, -0.2) is 0 Å². The minimum absolute atomic E-state index is 0.0294. The van der Waals surface area contributed by atoms with Gasteiger partial charge in [0.15, 0.2) is 5.82 Å². The topological polar surface area (TPSA) is 64.2 Å². The zero-order valence-corrected chi connectivity index (χ0v) is 11.1. The van der Waals surface area contributed by atoms with Gasteiger partial charge in [-0.1, -0.05) is 0 Å². The number of rotatable bonds is 1. The molecule has 2 aromatic heterocycles. The van der Waals surface area contributed by atoms with Crippen LogP contribution in [0.5, 0.6) is 0 Å². The van der Waals surface area contributed by atoms with E-state index in [2.05, 4.69) is 10.2 Å². The van der Waals surface area contributed by atoms with Crippen molar-refractivity contribution in [3.05, 3.63) is 34.8 Å². The molecule has 2 aromatic rings. The number of aromatic nitrogens is 3. The van der Waals surface area contributed by atoms with Gasteiger partial charge >= 0.3 is 6.18 Å². The maximum atomic E-state index is 12.7. The van der Waals surface area contributed by atoms with E-state index in [4.69, 9.17) is 16.0 Å². The summed E-state index contributed by atoms with van der Waals surface area (Å²) in [7, 11) is 0. The summed E-state index contributed by atoms with van der Waals surface area (Å²) in [6.07, 6.45) is -3.30. The van der Waals surface area contributed by atoms with Crippen molar-refractivity contribution >= 4 is 17.5 Å². The number of carbonyl (C=O) groups excluding carboxylic acids is 1. The van der Waals surface area contributed by atoms with Crippen LogP contribution < -0.4 is 0 Å². The molecule has 0 aliphatic carbocycles. The van der Waals surface area contributed by atoms with Crippen molar-refractivity contribution in [3.63, 3.8) is 0 Å². The highest BCUT2D eigenvalue weighted by atomic mass is 35.5. The van der Waals surface area contributed by atoms with Crippen LogP contribution in [0.4, 0.5) is 13.2 Å². The van der Waals surface area contributed by atoms with Gasteiger partial charge in [0.05, 0.1) is 18.4 Å². The van der Waals surface area contributed by atoms with Gasteiger partial charge < -0.3 is 13.9 Å². The van der Waals surface area contributed by atoms with Gasteiger partial charge in [0.25, 0.3) is 5.91 Å². The highest BCUT2D eigenvalue weighted by Crippen LogP contribution is 2.30. The Morgan fingerprint density at radius 3 is 2.71 bits per heavy atom. The van der Waals surface area contributed by atoms with E-state index in [0.717, 1.165) is 4.57 Å². The molecular weight excluding hydrogens is 313 g/mol. The molecule has 1 aliphatic heterocycles. The number of halogens is 4. The lowest BCUT2D eigenvalue weighted by Gasteiger charge is -2.27. The fraction of sp³-hybridized carbons (Fsp3) is 0.364. The van der Waals surface area contributed by atoms with E-state index >= 15 is 0 Å². The number of fused-ring (bicyclic) bond motifs is 1. The van der Waals surface area contributed by atoms with Crippen molar-refractivity contribution in [3.8, 4) is 0 Å². The summed E-state index contributed by atoms with van der Waals surface area (Å²) >= 11 is 5.72. The van der Waals surface area contributed by atoms with Crippen molar-refractivity contribution in [1.29, 1.82) is 0 Å². The van der Waals surface area contributed by atoms with Gasteiger partial charge in [0.2, 0.25) is 11.0 Å². The van der Waals surface area contributed by atoms with Crippen molar-refractivity contribution in [2.24, 2.45) is 0 Å². The van der Waals surface area contributed by atoms with Crippen LogP contribution in [0.25, 0.3) is 0 Å². The molecule has 0 saturated carbocycles. The first-order chi connectivity index (χ1) is 9.88. The number of furan rings is 1. The van der Waals surface area contributed by atoms with Crippen molar-refractivity contribution in [2.45, 2.75) is 19.3 Å². The largest absolute Gasteiger partial charge is 0.452 e. The number of amides is 1. The van der Waals surface area contributed by atoms with Crippen LogP contribution in [0.2, 0.25) is 5.22 Å². The molecule has 6 nitrogen and oxygen atoms in total. The Kier molecular flexibility index (Phi) is 3.16. The molecule has 0 radical (unpaired) electrons. The summed E-state index contributed by atoms with van der Waals surface area (Å²) in [6.45, 7) is 0.0102. The SMILES string of the molecule is O=C(c1ccoc1Cl)N1CCn2c(nnc2C(F)(F)F)C1. The third-order valence-electron chi connectivity index (χ3n) is 3.14. The number of carbonyl (C=O) groups is 1. The first-order valence-corrected chi connectivity index (χ1v) is 6.27. The quantitative estimate of drug-likeness (QED) is 0.808. The monoisotopic (exact) mass is 320 g/mol. The van der Waals surface area contributed by atoms with Crippen LogP contribution >= 0.6 is 11.6 Å². The molecule has 0 saturated heterocycles. The van der Waals surface area contributed by atoms with E-state index in [1.165, 1.54) is 17.2 Å². The molecule has 3 heterocycles. The molecule has 10 heteroatoms.